The van der Waals surface area contributed by atoms with E-state index in [1.807, 2.05) is 30.3 Å². The Hall–Kier alpha value is -2.83. The number of amides is 3. The Balaban J connectivity index is 1.44. The summed E-state index contributed by atoms with van der Waals surface area (Å²) in [5.74, 6) is 0.0177. The predicted octanol–water partition coefficient (Wildman–Crippen LogP) is 2.20. The maximum absolute atomic E-state index is 12.5. The molecule has 4 rings (SSSR count). The van der Waals surface area contributed by atoms with E-state index in [-0.39, 0.29) is 18.0 Å². The first kappa shape index (κ1) is 15.7. The number of carbonyl (C=O) groups excluding carboxylic acids is 2. The number of aromatic nitrogens is 2. The predicted molar refractivity (Wildman–Crippen MR) is 93.5 cm³/mol. The summed E-state index contributed by atoms with van der Waals surface area (Å²) >= 11 is 0. The zero-order valence-electron chi connectivity index (χ0n) is 13.9. The highest BCUT2D eigenvalue weighted by atomic mass is 16.2. The SMILES string of the molecule is O=C1C[C@]2(NC(=O)Nc3cnn(-c4ccccc4)c3)CCCC[C@@H]2N1. The van der Waals surface area contributed by atoms with Gasteiger partial charge in [-0.1, -0.05) is 31.0 Å². The highest BCUT2D eigenvalue weighted by Gasteiger charge is 2.49. The second-order valence-electron chi connectivity index (χ2n) is 6.79. The summed E-state index contributed by atoms with van der Waals surface area (Å²) in [6, 6.07) is 9.43. The third kappa shape index (κ3) is 3.09. The number of hydrogen-bond donors (Lipinski definition) is 3. The lowest BCUT2D eigenvalue weighted by molar-refractivity contribution is -0.119. The van der Waals surface area contributed by atoms with Crippen molar-refractivity contribution >= 4 is 17.6 Å². The van der Waals surface area contributed by atoms with E-state index in [0.717, 1.165) is 31.4 Å². The minimum Gasteiger partial charge on any atom is -0.351 e. The van der Waals surface area contributed by atoms with Crippen LogP contribution in [-0.4, -0.2) is 33.3 Å². The summed E-state index contributed by atoms with van der Waals surface area (Å²) in [6.45, 7) is 0. The number of hydrogen-bond acceptors (Lipinski definition) is 3. The Morgan fingerprint density at radius 1 is 1.28 bits per heavy atom. The molecule has 0 spiro atoms. The number of rotatable bonds is 3. The second-order valence-corrected chi connectivity index (χ2v) is 6.79. The molecule has 2 atom stereocenters. The molecule has 1 aromatic carbocycles. The van der Waals surface area contributed by atoms with E-state index < -0.39 is 5.54 Å². The van der Waals surface area contributed by atoms with Crippen molar-refractivity contribution in [2.75, 3.05) is 5.32 Å². The minimum atomic E-state index is -0.463. The summed E-state index contributed by atoms with van der Waals surface area (Å²) in [4.78, 5) is 24.3. The zero-order valence-corrected chi connectivity index (χ0v) is 13.9. The molecule has 1 aliphatic carbocycles. The third-order valence-corrected chi connectivity index (χ3v) is 5.07. The summed E-state index contributed by atoms with van der Waals surface area (Å²) in [7, 11) is 0. The lowest BCUT2D eigenvalue weighted by atomic mass is 9.78. The molecular formula is C18H21N5O2. The molecule has 2 aliphatic rings. The molecule has 130 valence electrons. The van der Waals surface area contributed by atoms with Gasteiger partial charge in [-0.25, -0.2) is 9.48 Å². The first-order valence-corrected chi connectivity index (χ1v) is 8.63. The van der Waals surface area contributed by atoms with Gasteiger partial charge in [0.25, 0.3) is 0 Å². The molecule has 0 unspecified atom stereocenters. The lowest BCUT2D eigenvalue weighted by Gasteiger charge is -2.38. The lowest BCUT2D eigenvalue weighted by Crippen LogP contribution is -2.58. The van der Waals surface area contributed by atoms with Crippen LogP contribution in [-0.2, 0) is 4.79 Å². The van der Waals surface area contributed by atoms with Crippen molar-refractivity contribution in [3.8, 4) is 5.69 Å². The van der Waals surface area contributed by atoms with E-state index >= 15 is 0 Å². The molecule has 2 fully saturated rings. The highest BCUT2D eigenvalue weighted by molar-refractivity contribution is 5.91. The van der Waals surface area contributed by atoms with Crippen LogP contribution in [0, 0.1) is 0 Å². The van der Waals surface area contributed by atoms with Gasteiger partial charge in [0.1, 0.15) is 0 Å². The zero-order chi connectivity index (χ0) is 17.3. The summed E-state index contributed by atoms with van der Waals surface area (Å²) < 4.78 is 1.71. The van der Waals surface area contributed by atoms with Crippen LogP contribution in [0.15, 0.2) is 42.7 Å². The van der Waals surface area contributed by atoms with Gasteiger partial charge in [-0.15, -0.1) is 0 Å². The smallest absolute Gasteiger partial charge is 0.319 e. The Morgan fingerprint density at radius 3 is 2.96 bits per heavy atom. The van der Waals surface area contributed by atoms with Gasteiger partial charge in [-0.3, -0.25) is 4.79 Å². The Labute approximate surface area is 145 Å². The van der Waals surface area contributed by atoms with Gasteiger partial charge >= 0.3 is 6.03 Å². The molecule has 3 amide bonds. The molecule has 3 N–H and O–H groups in total. The Bertz CT molecular complexity index is 788. The van der Waals surface area contributed by atoms with Crippen molar-refractivity contribution in [3.63, 3.8) is 0 Å². The first-order valence-electron chi connectivity index (χ1n) is 8.63. The number of nitrogens with zero attached hydrogens (tertiary/aromatic N) is 2. The average molecular weight is 339 g/mol. The third-order valence-electron chi connectivity index (χ3n) is 5.07. The van der Waals surface area contributed by atoms with E-state index in [1.165, 1.54) is 0 Å². The van der Waals surface area contributed by atoms with Crippen LogP contribution < -0.4 is 16.0 Å². The standard InChI is InChI=1S/C18H21N5O2/c24-16-10-18(9-5-4-8-15(18)21-16)22-17(25)20-13-11-19-23(12-13)14-6-2-1-3-7-14/h1-3,6-7,11-12,15H,4-5,8-10H2,(H,21,24)(H2,20,22,25)/t15-,18+/m0/s1. The molecule has 7 nitrogen and oxygen atoms in total. The van der Waals surface area contributed by atoms with Crippen LogP contribution in [0.3, 0.4) is 0 Å². The van der Waals surface area contributed by atoms with Crippen molar-refractivity contribution in [1.82, 2.24) is 20.4 Å². The molecule has 1 aliphatic heterocycles. The molecule has 7 heteroatoms. The van der Waals surface area contributed by atoms with Crippen LogP contribution in [0.25, 0.3) is 5.69 Å². The van der Waals surface area contributed by atoms with Gasteiger partial charge < -0.3 is 16.0 Å². The van der Waals surface area contributed by atoms with E-state index in [4.69, 9.17) is 0 Å². The molecule has 1 aromatic heterocycles. The summed E-state index contributed by atoms with van der Waals surface area (Å²) in [5, 5.41) is 13.1. The van der Waals surface area contributed by atoms with Gasteiger partial charge in [0.15, 0.2) is 0 Å². The number of urea groups is 1. The van der Waals surface area contributed by atoms with Crippen molar-refractivity contribution in [2.24, 2.45) is 0 Å². The number of nitrogens with one attached hydrogen (secondary N) is 3. The maximum Gasteiger partial charge on any atom is 0.319 e. The Morgan fingerprint density at radius 2 is 2.12 bits per heavy atom. The normalized spacial score (nSPS) is 25.1. The molecule has 25 heavy (non-hydrogen) atoms. The number of para-hydroxylation sites is 1. The summed E-state index contributed by atoms with van der Waals surface area (Å²) in [6.07, 6.45) is 7.58. The molecule has 1 saturated carbocycles. The van der Waals surface area contributed by atoms with Gasteiger partial charge in [0, 0.05) is 0 Å². The van der Waals surface area contributed by atoms with Gasteiger partial charge in [0.2, 0.25) is 5.91 Å². The van der Waals surface area contributed by atoms with Crippen LogP contribution in [0.1, 0.15) is 32.1 Å². The maximum atomic E-state index is 12.5. The van der Waals surface area contributed by atoms with E-state index in [9.17, 15) is 9.59 Å². The molecular weight excluding hydrogens is 318 g/mol. The quantitative estimate of drug-likeness (QED) is 0.801. The van der Waals surface area contributed by atoms with Crippen LogP contribution in [0.4, 0.5) is 10.5 Å². The minimum absolute atomic E-state index is 0.0177. The molecule has 1 saturated heterocycles. The molecule has 0 bridgehead atoms. The number of carbonyl (C=O) groups is 2. The van der Waals surface area contributed by atoms with E-state index in [2.05, 4.69) is 21.0 Å². The fraction of sp³-hybridized carbons (Fsp3) is 0.389. The first-order chi connectivity index (χ1) is 12.1. The average Bonchev–Trinajstić information content (AvgIpc) is 3.18. The molecule has 0 radical (unpaired) electrons. The number of anilines is 1. The van der Waals surface area contributed by atoms with Crippen molar-refractivity contribution < 1.29 is 9.59 Å². The van der Waals surface area contributed by atoms with Gasteiger partial charge in [0.05, 0.1) is 41.8 Å². The van der Waals surface area contributed by atoms with Crippen molar-refractivity contribution in [1.29, 1.82) is 0 Å². The van der Waals surface area contributed by atoms with Gasteiger partial charge in [-0.2, -0.15) is 5.10 Å². The van der Waals surface area contributed by atoms with Gasteiger partial charge in [-0.05, 0) is 25.0 Å². The van der Waals surface area contributed by atoms with Crippen molar-refractivity contribution in [2.45, 2.75) is 43.7 Å². The van der Waals surface area contributed by atoms with Crippen LogP contribution in [0.2, 0.25) is 0 Å². The van der Waals surface area contributed by atoms with Crippen molar-refractivity contribution in [3.05, 3.63) is 42.7 Å². The highest BCUT2D eigenvalue weighted by Crippen LogP contribution is 2.35. The fourth-order valence-electron chi connectivity index (χ4n) is 3.88. The number of fused-ring (bicyclic) bond motifs is 1. The monoisotopic (exact) mass is 339 g/mol. The van der Waals surface area contributed by atoms with Crippen LogP contribution in [0.5, 0.6) is 0 Å². The van der Waals surface area contributed by atoms with E-state index in [0.29, 0.717) is 12.1 Å². The topological polar surface area (TPSA) is 88.1 Å². The summed E-state index contributed by atoms with van der Waals surface area (Å²) in [5.41, 5.74) is 1.07. The Kier molecular flexibility index (Phi) is 3.91. The fourth-order valence-corrected chi connectivity index (χ4v) is 3.88. The van der Waals surface area contributed by atoms with E-state index in [1.54, 1.807) is 17.1 Å². The molecule has 2 aromatic rings. The largest absolute Gasteiger partial charge is 0.351 e. The molecule has 2 heterocycles. The number of benzene rings is 1. The van der Waals surface area contributed by atoms with Crippen LogP contribution >= 0.6 is 0 Å². The second kappa shape index (κ2) is 6.23.